The van der Waals surface area contributed by atoms with Gasteiger partial charge in [-0.3, -0.25) is 4.79 Å². The Morgan fingerprint density at radius 1 is 0.926 bits per heavy atom. The van der Waals surface area contributed by atoms with Crippen LogP contribution in [0.4, 0.5) is 0 Å². The highest BCUT2D eigenvalue weighted by Crippen LogP contribution is 2.17. The van der Waals surface area contributed by atoms with Gasteiger partial charge in [-0.2, -0.15) is 0 Å². The molecule has 0 radical (unpaired) electrons. The molecule has 27 heavy (non-hydrogen) atoms. The normalized spacial score (nSPS) is 12.9. The number of hydrogen-bond acceptors (Lipinski definition) is 6. The van der Waals surface area contributed by atoms with Crippen molar-refractivity contribution in [2.45, 2.75) is 79.2 Å². The highest BCUT2D eigenvalue weighted by atomic mass is 28.4. The summed E-state index contributed by atoms with van der Waals surface area (Å²) in [4.78, 5) is 11.9. The Morgan fingerprint density at radius 3 is 2.07 bits per heavy atom. The van der Waals surface area contributed by atoms with E-state index in [0.29, 0.717) is 45.3 Å². The molecule has 0 heterocycles. The van der Waals surface area contributed by atoms with Gasteiger partial charge in [-0.05, 0) is 46.1 Å². The van der Waals surface area contributed by atoms with E-state index in [1.54, 1.807) is 0 Å². The van der Waals surface area contributed by atoms with Crippen LogP contribution in [0, 0.1) is 5.92 Å². The zero-order chi connectivity index (χ0) is 20.4. The number of nitrogens with one attached hydrogen (secondary N) is 1. The summed E-state index contributed by atoms with van der Waals surface area (Å²) in [5, 5.41) is 3.31. The van der Waals surface area contributed by atoms with Crippen LogP contribution in [0.2, 0.25) is 6.04 Å². The van der Waals surface area contributed by atoms with Crippen LogP contribution in [0.3, 0.4) is 0 Å². The Balaban J connectivity index is 3.94. The molecule has 1 unspecified atom stereocenters. The molecule has 0 aromatic heterocycles. The molecule has 1 atom stereocenters. The Bertz CT molecular complexity index is 340. The standard InChI is InChI=1S/C20H43NO5Si/c1-6-11-13-19(7-2)18-23-20(22)14-16-21-15-12-17-27(24-8-3,25-9-4)26-10-5/h19,21H,6-18H2,1-5H3. The number of ether oxygens (including phenoxy) is 1. The van der Waals surface area contributed by atoms with Crippen molar-refractivity contribution in [3.63, 3.8) is 0 Å². The van der Waals surface area contributed by atoms with E-state index in [1.807, 2.05) is 20.8 Å². The van der Waals surface area contributed by atoms with E-state index in [-0.39, 0.29) is 5.97 Å². The molecule has 0 bridgehead atoms. The second kappa shape index (κ2) is 17.6. The lowest BCUT2D eigenvalue weighted by Crippen LogP contribution is -2.46. The molecular weight excluding hydrogens is 362 g/mol. The largest absolute Gasteiger partial charge is 0.500 e. The molecule has 0 spiro atoms. The quantitative estimate of drug-likeness (QED) is 0.198. The van der Waals surface area contributed by atoms with Crippen LogP contribution >= 0.6 is 0 Å². The van der Waals surface area contributed by atoms with Gasteiger partial charge in [-0.15, -0.1) is 0 Å². The smallest absolute Gasteiger partial charge is 0.465 e. The van der Waals surface area contributed by atoms with Crippen molar-refractivity contribution in [3.8, 4) is 0 Å². The predicted octanol–water partition coefficient (Wildman–Crippen LogP) is 4.16. The van der Waals surface area contributed by atoms with E-state index in [4.69, 9.17) is 18.0 Å². The zero-order valence-corrected chi connectivity index (χ0v) is 19.3. The molecule has 0 aliphatic carbocycles. The van der Waals surface area contributed by atoms with E-state index in [0.717, 1.165) is 31.9 Å². The van der Waals surface area contributed by atoms with E-state index < -0.39 is 8.80 Å². The van der Waals surface area contributed by atoms with Crippen LogP contribution in [-0.4, -0.2) is 54.3 Å². The second-order valence-electron chi connectivity index (χ2n) is 6.69. The summed E-state index contributed by atoms with van der Waals surface area (Å²) >= 11 is 0. The van der Waals surface area contributed by atoms with Crippen molar-refractivity contribution < 1.29 is 22.8 Å². The lowest BCUT2D eigenvalue weighted by molar-refractivity contribution is -0.145. The second-order valence-corrected chi connectivity index (χ2v) is 9.42. The van der Waals surface area contributed by atoms with Gasteiger partial charge in [0.15, 0.2) is 0 Å². The van der Waals surface area contributed by atoms with Crippen LogP contribution in [0.1, 0.15) is 73.1 Å². The third-order valence-corrected chi connectivity index (χ3v) is 7.61. The van der Waals surface area contributed by atoms with Gasteiger partial charge >= 0.3 is 14.8 Å². The van der Waals surface area contributed by atoms with Gasteiger partial charge in [-0.25, -0.2) is 0 Å². The number of carbonyl (C=O) groups is 1. The fourth-order valence-corrected chi connectivity index (χ4v) is 5.54. The molecule has 7 heteroatoms. The molecule has 0 fully saturated rings. The third kappa shape index (κ3) is 13.4. The van der Waals surface area contributed by atoms with Gasteiger partial charge in [0, 0.05) is 32.4 Å². The van der Waals surface area contributed by atoms with Crippen LogP contribution in [-0.2, 0) is 22.8 Å². The molecule has 0 aromatic rings. The van der Waals surface area contributed by atoms with Gasteiger partial charge < -0.3 is 23.3 Å². The monoisotopic (exact) mass is 405 g/mol. The SMILES string of the molecule is CCCCC(CC)COC(=O)CCNCCC[Si](OCC)(OCC)OCC. The Hall–Kier alpha value is -0.473. The summed E-state index contributed by atoms with van der Waals surface area (Å²) in [6, 6.07) is 0.787. The molecule has 0 amide bonds. The summed E-state index contributed by atoms with van der Waals surface area (Å²) in [7, 11) is -2.55. The first-order chi connectivity index (χ1) is 13.1. The van der Waals surface area contributed by atoms with Gasteiger partial charge in [0.05, 0.1) is 13.0 Å². The fraction of sp³-hybridized carbons (Fsp3) is 0.950. The fourth-order valence-electron chi connectivity index (χ4n) is 2.93. The maximum absolute atomic E-state index is 11.9. The first kappa shape index (κ1) is 26.5. The first-order valence-corrected chi connectivity index (χ1v) is 12.8. The predicted molar refractivity (Wildman–Crippen MR) is 112 cm³/mol. The Labute approximate surface area is 168 Å². The van der Waals surface area contributed by atoms with Crippen molar-refractivity contribution in [1.29, 1.82) is 0 Å². The highest BCUT2D eigenvalue weighted by Gasteiger charge is 2.39. The summed E-state index contributed by atoms with van der Waals surface area (Å²) in [5.41, 5.74) is 0. The van der Waals surface area contributed by atoms with Crippen LogP contribution in [0.25, 0.3) is 0 Å². The third-order valence-electron chi connectivity index (χ3n) is 4.46. The minimum absolute atomic E-state index is 0.112. The number of hydrogen-bond donors (Lipinski definition) is 1. The van der Waals surface area contributed by atoms with Crippen molar-refractivity contribution >= 4 is 14.8 Å². The Morgan fingerprint density at radius 2 is 1.56 bits per heavy atom. The maximum atomic E-state index is 11.9. The summed E-state index contributed by atoms with van der Waals surface area (Å²) in [5.74, 6) is 0.384. The average molecular weight is 406 g/mol. The molecule has 0 saturated carbocycles. The molecular formula is C20H43NO5Si. The molecule has 6 nitrogen and oxygen atoms in total. The highest BCUT2D eigenvalue weighted by molar-refractivity contribution is 6.60. The number of unbranched alkanes of at least 4 members (excludes halogenated alkanes) is 1. The minimum atomic E-state index is -2.55. The molecule has 162 valence electrons. The Kier molecular flexibility index (Phi) is 17.3. The van der Waals surface area contributed by atoms with Gasteiger partial charge in [0.25, 0.3) is 0 Å². The van der Waals surface area contributed by atoms with Gasteiger partial charge in [-0.1, -0.05) is 33.1 Å². The van der Waals surface area contributed by atoms with E-state index in [2.05, 4.69) is 19.2 Å². The summed E-state index contributed by atoms with van der Waals surface area (Å²) < 4.78 is 22.9. The molecule has 0 aromatic carbocycles. The zero-order valence-electron chi connectivity index (χ0n) is 18.3. The molecule has 0 aliphatic heterocycles. The lowest BCUT2D eigenvalue weighted by Gasteiger charge is -2.28. The van der Waals surface area contributed by atoms with Crippen LogP contribution in [0.5, 0.6) is 0 Å². The first-order valence-electron chi connectivity index (χ1n) is 10.8. The molecule has 1 N–H and O–H groups in total. The number of carbonyl (C=O) groups excluding carboxylic acids is 1. The van der Waals surface area contributed by atoms with Crippen molar-refractivity contribution in [2.75, 3.05) is 39.5 Å². The van der Waals surface area contributed by atoms with E-state index in [9.17, 15) is 4.79 Å². The van der Waals surface area contributed by atoms with Gasteiger partial charge in [0.1, 0.15) is 0 Å². The van der Waals surface area contributed by atoms with E-state index >= 15 is 0 Å². The van der Waals surface area contributed by atoms with Crippen molar-refractivity contribution in [1.82, 2.24) is 5.32 Å². The van der Waals surface area contributed by atoms with E-state index in [1.165, 1.54) is 12.8 Å². The number of esters is 1. The van der Waals surface area contributed by atoms with Crippen LogP contribution in [0.15, 0.2) is 0 Å². The van der Waals surface area contributed by atoms with Crippen LogP contribution < -0.4 is 5.32 Å². The molecule has 0 saturated heterocycles. The summed E-state index contributed by atoms with van der Waals surface area (Å²) in [6.07, 6.45) is 5.91. The lowest BCUT2D eigenvalue weighted by atomic mass is 10.0. The number of rotatable bonds is 19. The molecule has 0 rings (SSSR count). The van der Waals surface area contributed by atoms with Gasteiger partial charge in [0.2, 0.25) is 0 Å². The minimum Gasteiger partial charge on any atom is -0.465 e. The summed E-state index contributed by atoms with van der Waals surface area (Å²) in [6.45, 7) is 14.0. The van der Waals surface area contributed by atoms with Crippen molar-refractivity contribution in [3.05, 3.63) is 0 Å². The average Bonchev–Trinajstić information content (AvgIpc) is 2.65. The maximum Gasteiger partial charge on any atom is 0.500 e. The molecule has 0 aliphatic rings. The topological polar surface area (TPSA) is 66.0 Å². The van der Waals surface area contributed by atoms with Crippen molar-refractivity contribution in [2.24, 2.45) is 5.92 Å².